The number of carbonyl (C=O) groups is 4. The summed E-state index contributed by atoms with van der Waals surface area (Å²) < 4.78 is 16.2. The Morgan fingerprint density at radius 1 is 1.06 bits per heavy atom. The van der Waals surface area contributed by atoms with Gasteiger partial charge in [-0.05, 0) is 70.5 Å². The molecule has 0 aliphatic carbocycles. The van der Waals surface area contributed by atoms with Crippen molar-refractivity contribution in [2.24, 2.45) is 0 Å². The molecule has 0 saturated heterocycles. The van der Waals surface area contributed by atoms with E-state index in [2.05, 4.69) is 22.1 Å². The molecule has 0 spiro atoms. The molecule has 11 nitrogen and oxygen atoms in total. The number of anilines is 2. The molecular weight excluding hydrogens is 600 g/mol. The molecule has 0 radical (unpaired) electrons. The average Bonchev–Trinajstić information content (AvgIpc) is 3.11. The van der Waals surface area contributed by atoms with E-state index in [1.165, 1.54) is 11.1 Å². The lowest BCUT2D eigenvalue weighted by Gasteiger charge is -2.27. The number of benzene rings is 2. The van der Waals surface area contributed by atoms with E-state index in [-0.39, 0.29) is 50.4 Å². The zero-order chi connectivity index (χ0) is 34.0. The van der Waals surface area contributed by atoms with Crippen LogP contribution in [0.15, 0.2) is 66.9 Å². The van der Waals surface area contributed by atoms with Gasteiger partial charge < -0.3 is 24.0 Å². The van der Waals surface area contributed by atoms with Crippen molar-refractivity contribution in [3.63, 3.8) is 0 Å². The van der Waals surface area contributed by atoms with Gasteiger partial charge >= 0.3 is 12.1 Å². The molecule has 11 heteroatoms. The number of hydrogen-bond donors (Lipinski definition) is 1. The Hall–Kier alpha value is -5.37. The van der Waals surface area contributed by atoms with E-state index in [9.17, 15) is 19.2 Å². The number of nitrogens with zero attached hydrogens (tertiary/aromatic N) is 3. The second-order valence-corrected chi connectivity index (χ2v) is 11.9. The number of rotatable bonds is 10. The minimum absolute atomic E-state index is 0.0354. The number of pyridine rings is 1. The predicted octanol–water partition coefficient (Wildman–Crippen LogP) is 5.58. The van der Waals surface area contributed by atoms with E-state index in [1.54, 1.807) is 69.9 Å². The molecule has 2 aromatic carbocycles. The number of fused-ring (bicyclic) bond motifs is 1. The van der Waals surface area contributed by atoms with Gasteiger partial charge in [-0.15, -0.1) is 0 Å². The van der Waals surface area contributed by atoms with Crippen molar-refractivity contribution in [2.75, 3.05) is 30.0 Å². The lowest BCUT2D eigenvalue weighted by atomic mass is 10.1. The van der Waals surface area contributed by atoms with Gasteiger partial charge in [0.1, 0.15) is 12.1 Å². The highest BCUT2D eigenvalue weighted by Crippen LogP contribution is 2.30. The maximum Gasteiger partial charge on any atom is 0.413 e. The summed E-state index contributed by atoms with van der Waals surface area (Å²) in [5.74, 6) is 5.68. The summed E-state index contributed by atoms with van der Waals surface area (Å²) in [6, 6.07) is 17.5. The molecule has 4 rings (SSSR count). The van der Waals surface area contributed by atoms with Gasteiger partial charge in [0.05, 0.1) is 37.4 Å². The van der Waals surface area contributed by atoms with Gasteiger partial charge in [0, 0.05) is 24.2 Å². The maximum atomic E-state index is 13.9. The Morgan fingerprint density at radius 2 is 1.83 bits per heavy atom. The lowest BCUT2D eigenvalue weighted by Crippen LogP contribution is -2.44. The highest BCUT2D eigenvalue weighted by atomic mass is 16.6. The molecule has 1 aromatic heterocycles. The highest BCUT2D eigenvalue weighted by molar-refractivity contribution is 6.10. The van der Waals surface area contributed by atoms with Crippen LogP contribution in [0.1, 0.15) is 68.9 Å². The molecule has 1 N–H and O–H groups in total. The van der Waals surface area contributed by atoms with Crippen LogP contribution in [0.3, 0.4) is 0 Å². The minimum atomic E-state index is -0.662. The summed E-state index contributed by atoms with van der Waals surface area (Å²) >= 11 is 0. The normalized spacial score (nSPS) is 13.5. The van der Waals surface area contributed by atoms with Gasteiger partial charge in [0.15, 0.2) is 11.6 Å². The Labute approximate surface area is 275 Å². The topological polar surface area (TPSA) is 127 Å². The van der Waals surface area contributed by atoms with E-state index >= 15 is 0 Å². The third-order valence-electron chi connectivity index (χ3n) is 6.98. The molecule has 1 atom stereocenters. The first kappa shape index (κ1) is 34.5. The van der Waals surface area contributed by atoms with Crippen molar-refractivity contribution in [3.05, 3.63) is 83.6 Å². The smallest absolute Gasteiger partial charge is 0.413 e. The molecular formula is C36H40N4O7. The summed E-state index contributed by atoms with van der Waals surface area (Å²) in [7, 11) is 0. The molecule has 3 aromatic rings. The fourth-order valence-electron chi connectivity index (χ4n) is 4.86. The third kappa shape index (κ3) is 9.81. The molecule has 1 unspecified atom stereocenters. The summed E-state index contributed by atoms with van der Waals surface area (Å²) in [6.07, 6.45) is 1.20. The fraction of sp³-hybridized carbons (Fsp3) is 0.361. The van der Waals surface area contributed by atoms with Crippen molar-refractivity contribution < 1.29 is 33.4 Å². The largest absolute Gasteiger partial charge is 0.489 e. The Morgan fingerprint density at radius 3 is 2.55 bits per heavy atom. The van der Waals surface area contributed by atoms with Crippen molar-refractivity contribution in [2.45, 2.75) is 65.6 Å². The first-order valence-electron chi connectivity index (χ1n) is 15.5. The monoisotopic (exact) mass is 640 g/mol. The van der Waals surface area contributed by atoms with Crippen molar-refractivity contribution >= 4 is 35.4 Å². The van der Waals surface area contributed by atoms with E-state index in [4.69, 9.17) is 14.2 Å². The number of esters is 1. The van der Waals surface area contributed by atoms with E-state index in [0.717, 1.165) is 5.56 Å². The first-order valence-corrected chi connectivity index (χ1v) is 15.5. The predicted molar refractivity (Wildman–Crippen MR) is 177 cm³/mol. The lowest BCUT2D eigenvalue weighted by molar-refractivity contribution is -0.144. The molecule has 2 heterocycles. The minimum Gasteiger partial charge on any atom is -0.489 e. The SMILES string of the molecule is CCOC(=O)CC(C)N1CC(=O)N(Cc2ccccc2)c2ccc(C#CCCOc3cccnc3NC(=O)OC(C)(C)C)cc2C1=O. The van der Waals surface area contributed by atoms with Crippen LogP contribution in [0.2, 0.25) is 0 Å². The van der Waals surface area contributed by atoms with Gasteiger partial charge in [-0.1, -0.05) is 42.2 Å². The molecule has 0 saturated carbocycles. The number of amides is 3. The molecule has 1 aliphatic heterocycles. The van der Waals surface area contributed by atoms with Crippen LogP contribution in [0.25, 0.3) is 0 Å². The van der Waals surface area contributed by atoms with E-state index in [0.29, 0.717) is 29.0 Å². The van der Waals surface area contributed by atoms with E-state index in [1.807, 2.05) is 30.3 Å². The maximum absolute atomic E-state index is 13.9. The van der Waals surface area contributed by atoms with Crippen LogP contribution in [0.4, 0.5) is 16.3 Å². The summed E-state index contributed by atoms with van der Waals surface area (Å²) in [6.45, 7) is 9.29. The Kier molecular flexibility index (Phi) is 11.6. The fourth-order valence-corrected chi connectivity index (χ4v) is 4.86. The van der Waals surface area contributed by atoms with Gasteiger partial charge in [-0.25, -0.2) is 9.78 Å². The molecule has 0 fully saturated rings. The van der Waals surface area contributed by atoms with Crippen LogP contribution in [-0.4, -0.2) is 65.2 Å². The van der Waals surface area contributed by atoms with Crippen LogP contribution in [-0.2, 0) is 25.6 Å². The molecule has 246 valence electrons. The Balaban J connectivity index is 1.52. The molecule has 0 bridgehead atoms. The summed E-state index contributed by atoms with van der Waals surface area (Å²) in [5.41, 5.74) is 1.63. The number of hydrogen-bond acceptors (Lipinski definition) is 8. The van der Waals surface area contributed by atoms with Gasteiger partial charge in [0.2, 0.25) is 5.91 Å². The number of aromatic nitrogens is 1. The van der Waals surface area contributed by atoms with Gasteiger partial charge in [-0.2, -0.15) is 0 Å². The zero-order valence-corrected chi connectivity index (χ0v) is 27.4. The second kappa shape index (κ2) is 15.8. The van der Waals surface area contributed by atoms with Crippen LogP contribution in [0.5, 0.6) is 5.75 Å². The second-order valence-electron chi connectivity index (χ2n) is 11.9. The summed E-state index contributed by atoms with van der Waals surface area (Å²) in [5, 5.41) is 2.60. The molecule has 1 aliphatic rings. The molecule has 3 amide bonds. The number of nitrogens with one attached hydrogen (secondary N) is 1. The number of carbonyl (C=O) groups excluding carboxylic acids is 4. The number of ether oxygens (including phenoxy) is 3. The van der Waals surface area contributed by atoms with Crippen molar-refractivity contribution in [3.8, 4) is 17.6 Å². The zero-order valence-electron chi connectivity index (χ0n) is 27.4. The van der Waals surface area contributed by atoms with Crippen LogP contribution < -0.4 is 15.0 Å². The van der Waals surface area contributed by atoms with E-state index < -0.39 is 23.7 Å². The van der Waals surface area contributed by atoms with Crippen LogP contribution in [0, 0.1) is 11.8 Å². The quantitative estimate of drug-likeness (QED) is 0.173. The standard InChI is InChI=1S/C36H40N4O7/c1-6-45-32(42)21-25(2)39-24-31(41)40(23-27-14-8-7-9-15-27)29-18-17-26(22-28(29)34(39)43)13-10-11-20-46-30-16-12-19-37-33(30)38-35(44)47-36(3,4)5/h7-9,12,14-19,22,25H,6,11,20-21,23-24H2,1-5H3,(H,37,38,44). The van der Waals surface area contributed by atoms with Crippen molar-refractivity contribution in [1.82, 2.24) is 9.88 Å². The highest BCUT2D eigenvalue weighted by Gasteiger charge is 2.35. The van der Waals surface area contributed by atoms with Gasteiger partial charge in [0.25, 0.3) is 5.91 Å². The molecule has 47 heavy (non-hydrogen) atoms. The first-order chi connectivity index (χ1) is 22.4. The van der Waals surface area contributed by atoms with Gasteiger partial charge in [-0.3, -0.25) is 19.7 Å². The van der Waals surface area contributed by atoms with Crippen molar-refractivity contribution in [1.29, 1.82) is 0 Å². The average molecular weight is 641 g/mol. The Bertz CT molecular complexity index is 1660. The summed E-state index contributed by atoms with van der Waals surface area (Å²) in [4.78, 5) is 59.1. The third-order valence-corrected chi connectivity index (χ3v) is 6.98. The van der Waals surface area contributed by atoms with Crippen LogP contribution >= 0.6 is 0 Å².